The Morgan fingerprint density at radius 1 is 0.759 bits per heavy atom. The Kier molecular flexibility index (Phi) is 11.5. The van der Waals surface area contributed by atoms with Gasteiger partial charge < -0.3 is 4.74 Å². The van der Waals surface area contributed by atoms with Gasteiger partial charge in [-0.15, -0.1) is 0 Å². The maximum atomic E-state index is 6.06. The molecule has 0 spiro atoms. The van der Waals surface area contributed by atoms with E-state index in [4.69, 9.17) is 4.74 Å². The molecule has 0 N–H and O–H groups in total. The van der Waals surface area contributed by atoms with Crippen LogP contribution in [0.2, 0.25) is 0 Å². The van der Waals surface area contributed by atoms with E-state index in [1.165, 1.54) is 69.8 Å². The van der Waals surface area contributed by atoms with Gasteiger partial charge >= 0.3 is 0 Å². The second kappa shape index (κ2) is 14.2. The normalized spacial score (nSPS) is 12.1. The van der Waals surface area contributed by atoms with E-state index in [1.807, 2.05) is 6.20 Å². The van der Waals surface area contributed by atoms with Crippen molar-refractivity contribution in [2.24, 2.45) is 0 Å². The van der Waals surface area contributed by atoms with E-state index in [2.05, 4.69) is 62.2 Å². The molecular formula is C27H41NO. The van der Waals surface area contributed by atoms with Crippen molar-refractivity contribution < 1.29 is 4.74 Å². The third-order valence-corrected chi connectivity index (χ3v) is 5.60. The number of nitrogens with zero attached hydrogens (tertiary/aromatic N) is 1. The fourth-order valence-corrected chi connectivity index (χ4v) is 3.71. The summed E-state index contributed by atoms with van der Waals surface area (Å²) >= 11 is 0. The number of aryl methyl sites for hydroxylation is 1. The van der Waals surface area contributed by atoms with Gasteiger partial charge in [0.05, 0.1) is 11.8 Å². The second-order valence-electron chi connectivity index (χ2n) is 8.37. The molecule has 2 nitrogen and oxygen atoms in total. The van der Waals surface area contributed by atoms with Gasteiger partial charge in [-0.2, -0.15) is 0 Å². The van der Waals surface area contributed by atoms with E-state index < -0.39 is 0 Å². The first kappa shape index (κ1) is 23.4. The van der Waals surface area contributed by atoms with Gasteiger partial charge in [0.25, 0.3) is 0 Å². The van der Waals surface area contributed by atoms with Crippen molar-refractivity contribution in [2.45, 2.75) is 104 Å². The lowest BCUT2D eigenvalue weighted by atomic mass is 10.0. The number of rotatable bonds is 15. The molecule has 0 aliphatic heterocycles. The summed E-state index contributed by atoms with van der Waals surface area (Å²) < 4.78 is 6.06. The van der Waals surface area contributed by atoms with Crippen LogP contribution in [0.4, 0.5) is 0 Å². The van der Waals surface area contributed by atoms with E-state index >= 15 is 0 Å². The summed E-state index contributed by atoms with van der Waals surface area (Å²) in [6, 6.07) is 12.8. The van der Waals surface area contributed by atoms with Crippen LogP contribution in [0.25, 0.3) is 11.3 Å². The van der Waals surface area contributed by atoms with Gasteiger partial charge in [-0.05, 0) is 68.5 Å². The average molecular weight is 396 g/mol. The zero-order valence-electron chi connectivity index (χ0n) is 19.0. The summed E-state index contributed by atoms with van der Waals surface area (Å²) in [5.74, 6) is 0.955. The van der Waals surface area contributed by atoms with Crippen molar-refractivity contribution in [3.05, 3.63) is 48.2 Å². The molecule has 29 heavy (non-hydrogen) atoms. The van der Waals surface area contributed by atoms with Gasteiger partial charge in [0.1, 0.15) is 5.75 Å². The minimum absolute atomic E-state index is 0.275. The smallest absolute Gasteiger partial charge is 0.119 e. The first-order chi connectivity index (χ1) is 14.2. The first-order valence-corrected chi connectivity index (χ1v) is 11.9. The van der Waals surface area contributed by atoms with Gasteiger partial charge in [0.2, 0.25) is 0 Å². The minimum Gasteiger partial charge on any atom is -0.491 e. The quantitative estimate of drug-likeness (QED) is 0.282. The molecule has 160 valence electrons. The first-order valence-electron chi connectivity index (χ1n) is 11.9. The molecule has 1 aromatic carbocycles. The molecule has 1 heterocycles. The molecule has 0 aliphatic rings. The summed E-state index contributed by atoms with van der Waals surface area (Å²) in [4.78, 5) is 4.69. The Hall–Kier alpha value is -1.83. The Bertz CT molecular complexity index is 647. The van der Waals surface area contributed by atoms with Crippen molar-refractivity contribution in [2.75, 3.05) is 0 Å². The maximum Gasteiger partial charge on any atom is 0.119 e. The van der Waals surface area contributed by atoms with Crippen LogP contribution in [0.15, 0.2) is 42.6 Å². The standard InChI is InChI=1S/C27H41NO/c1-4-6-8-10-11-13-15-24-16-21-27(28-22-24)25-17-19-26(20-18-25)29-23(3)14-12-9-7-5-2/h16-23H,4-15H2,1-3H3. The Balaban J connectivity index is 1.76. The zero-order valence-corrected chi connectivity index (χ0v) is 19.0. The highest BCUT2D eigenvalue weighted by Crippen LogP contribution is 2.23. The maximum absolute atomic E-state index is 6.06. The molecule has 0 aliphatic carbocycles. The van der Waals surface area contributed by atoms with E-state index in [0.717, 1.165) is 29.8 Å². The van der Waals surface area contributed by atoms with E-state index in [1.54, 1.807) is 0 Å². The van der Waals surface area contributed by atoms with Crippen LogP contribution in [0.5, 0.6) is 5.75 Å². The summed E-state index contributed by atoms with van der Waals surface area (Å²) in [5, 5.41) is 0. The van der Waals surface area contributed by atoms with E-state index in [-0.39, 0.29) is 6.10 Å². The van der Waals surface area contributed by atoms with Crippen molar-refractivity contribution in [3.63, 3.8) is 0 Å². The van der Waals surface area contributed by atoms with Gasteiger partial charge in [0, 0.05) is 11.8 Å². The summed E-state index contributed by atoms with van der Waals surface area (Å²) in [7, 11) is 0. The number of ether oxygens (including phenoxy) is 1. The van der Waals surface area contributed by atoms with E-state index in [9.17, 15) is 0 Å². The monoisotopic (exact) mass is 395 g/mol. The van der Waals surface area contributed by atoms with Crippen LogP contribution >= 0.6 is 0 Å². The molecule has 0 saturated heterocycles. The molecule has 0 radical (unpaired) electrons. The number of hydrogen-bond donors (Lipinski definition) is 0. The average Bonchev–Trinajstić information content (AvgIpc) is 2.75. The third-order valence-electron chi connectivity index (χ3n) is 5.60. The third kappa shape index (κ3) is 9.47. The van der Waals surface area contributed by atoms with Crippen LogP contribution < -0.4 is 4.74 Å². The number of pyridine rings is 1. The predicted octanol–water partition coefficient (Wildman–Crippen LogP) is 8.39. The second-order valence-corrected chi connectivity index (χ2v) is 8.37. The van der Waals surface area contributed by atoms with Crippen molar-refractivity contribution in [1.82, 2.24) is 4.98 Å². The molecule has 2 rings (SSSR count). The van der Waals surface area contributed by atoms with Crippen LogP contribution in [0, 0.1) is 0 Å². The van der Waals surface area contributed by atoms with Gasteiger partial charge in [0.15, 0.2) is 0 Å². The number of unbranched alkanes of at least 4 members (excludes halogenated alkanes) is 8. The highest BCUT2D eigenvalue weighted by Gasteiger charge is 2.05. The van der Waals surface area contributed by atoms with Gasteiger partial charge in [-0.25, -0.2) is 0 Å². The largest absolute Gasteiger partial charge is 0.491 e. The molecular weight excluding hydrogens is 354 g/mol. The molecule has 1 aromatic heterocycles. The molecule has 0 bridgehead atoms. The molecule has 1 unspecified atom stereocenters. The predicted molar refractivity (Wildman–Crippen MR) is 126 cm³/mol. The van der Waals surface area contributed by atoms with Crippen molar-refractivity contribution >= 4 is 0 Å². The number of aromatic nitrogens is 1. The fourth-order valence-electron chi connectivity index (χ4n) is 3.71. The fraction of sp³-hybridized carbons (Fsp3) is 0.593. The lowest BCUT2D eigenvalue weighted by Gasteiger charge is -2.15. The number of benzene rings is 1. The molecule has 0 amide bonds. The summed E-state index contributed by atoms with van der Waals surface area (Å²) in [6.07, 6.45) is 17.8. The molecule has 2 heteroatoms. The summed E-state index contributed by atoms with van der Waals surface area (Å²) in [6.45, 7) is 6.69. The Morgan fingerprint density at radius 2 is 1.41 bits per heavy atom. The molecule has 0 fully saturated rings. The van der Waals surface area contributed by atoms with E-state index in [0.29, 0.717) is 0 Å². The number of hydrogen-bond acceptors (Lipinski definition) is 2. The lowest BCUT2D eigenvalue weighted by Crippen LogP contribution is -2.11. The molecule has 1 atom stereocenters. The lowest BCUT2D eigenvalue weighted by molar-refractivity contribution is 0.206. The summed E-state index contributed by atoms with van der Waals surface area (Å²) in [5.41, 5.74) is 3.54. The molecule has 0 saturated carbocycles. The highest BCUT2D eigenvalue weighted by molar-refractivity contribution is 5.60. The topological polar surface area (TPSA) is 22.1 Å². The van der Waals surface area contributed by atoms with Gasteiger partial charge in [-0.1, -0.05) is 71.3 Å². The van der Waals surface area contributed by atoms with Crippen LogP contribution in [-0.2, 0) is 6.42 Å². The minimum atomic E-state index is 0.275. The SMILES string of the molecule is CCCCCCCCc1ccc(-c2ccc(OC(C)CCCCCC)cc2)nc1. The van der Waals surface area contributed by atoms with Crippen LogP contribution in [0.1, 0.15) is 97.0 Å². The molecule has 2 aromatic rings. The zero-order chi connectivity index (χ0) is 20.7. The Morgan fingerprint density at radius 3 is 2.07 bits per heavy atom. The van der Waals surface area contributed by atoms with Crippen LogP contribution in [-0.4, -0.2) is 11.1 Å². The van der Waals surface area contributed by atoms with Crippen molar-refractivity contribution in [3.8, 4) is 17.0 Å². The van der Waals surface area contributed by atoms with Crippen LogP contribution in [0.3, 0.4) is 0 Å². The Labute approximate surface area is 179 Å². The van der Waals surface area contributed by atoms with Crippen molar-refractivity contribution in [1.29, 1.82) is 0 Å². The van der Waals surface area contributed by atoms with Gasteiger partial charge in [-0.3, -0.25) is 4.98 Å². The highest BCUT2D eigenvalue weighted by atomic mass is 16.5.